The molecule has 0 bridgehead atoms. The highest BCUT2D eigenvalue weighted by Gasteiger charge is 2.10. The molecule has 5 nitrogen and oxygen atoms in total. The fraction of sp³-hybridized carbons (Fsp3) is 0.200. The quantitative estimate of drug-likeness (QED) is 0.625. The van der Waals surface area contributed by atoms with Crippen molar-refractivity contribution >= 4 is 5.69 Å². The molecular formula is C15H16N2O3. The minimum absolute atomic E-state index is 0.0288. The van der Waals surface area contributed by atoms with E-state index in [9.17, 15) is 15.2 Å². The van der Waals surface area contributed by atoms with Crippen molar-refractivity contribution < 1.29 is 10.0 Å². The Bertz CT molecular complexity index is 572. The summed E-state index contributed by atoms with van der Waals surface area (Å²) < 4.78 is 0. The Hall–Kier alpha value is -2.24. The summed E-state index contributed by atoms with van der Waals surface area (Å²) in [5.74, 6) is 0. The molecule has 104 valence electrons. The Labute approximate surface area is 117 Å². The van der Waals surface area contributed by atoms with Crippen LogP contribution in [0.25, 0.3) is 0 Å². The summed E-state index contributed by atoms with van der Waals surface area (Å²) in [7, 11) is 0. The average Bonchev–Trinajstić information content (AvgIpc) is 2.49. The van der Waals surface area contributed by atoms with Crippen molar-refractivity contribution in [1.82, 2.24) is 5.32 Å². The summed E-state index contributed by atoms with van der Waals surface area (Å²) >= 11 is 0. The number of nitro benzene ring substituents is 1. The molecule has 0 aromatic heterocycles. The standard InChI is InChI=1S/C15H16N2O3/c18-11-15(13-6-2-1-3-7-13)16-10-12-5-4-8-14(9-12)17(19)20/h1-9,15-16,18H,10-11H2. The largest absolute Gasteiger partial charge is 0.394 e. The zero-order valence-electron chi connectivity index (χ0n) is 10.9. The summed E-state index contributed by atoms with van der Waals surface area (Å²) in [5.41, 5.74) is 1.87. The zero-order chi connectivity index (χ0) is 14.4. The molecule has 0 saturated heterocycles. The third-order valence-corrected chi connectivity index (χ3v) is 3.06. The second-order valence-corrected chi connectivity index (χ2v) is 4.45. The molecule has 2 aromatic carbocycles. The average molecular weight is 272 g/mol. The fourth-order valence-corrected chi connectivity index (χ4v) is 1.99. The van der Waals surface area contributed by atoms with Gasteiger partial charge in [-0.2, -0.15) is 0 Å². The Balaban J connectivity index is 2.03. The molecule has 2 rings (SSSR count). The summed E-state index contributed by atoms with van der Waals surface area (Å²) in [6.07, 6.45) is 0. The van der Waals surface area contributed by atoms with Gasteiger partial charge in [0.2, 0.25) is 0 Å². The van der Waals surface area contributed by atoms with Gasteiger partial charge >= 0.3 is 0 Å². The van der Waals surface area contributed by atoms with Crippen LogP contribution >= 0.6 is 0 Å². The lowest BCUT2D eigenvalue weighted by atomic mass is 10.1. The van der Waals surface area contributed by atoms with Crippen molar-refractivity contribution in [2.75, 3.05) is 6.61 Å². The monoisotopic (exact) mass is 272 g/mol. The molecule has 20 heavy (non-hydrogen) atoms. The summed E-state index contributed by atoms with van der Waals surface area (Å²) in [6.45, 7) is 0.431. The molecule has 0 heterocycles. The SMILES string of the molecule is O=[N+]([O-])c1cccc(CNC(CO)c2ccccc2)c1. The van der Waals surface area contributed by atoms with Gasteiger partial charge in [0.1, 0.15) is 0 Å². The molecule has 0 radical (unpaired) electrons. The molecule has 0 amide bonds. The van der Waals surface area contributed by atoms with Crippen LogP contribution < -0.4 is 5.32 Å². The van der Waals surface area contributed by atoms with E-state index in [1.165, 1.54) is 12.1 Å². The highest BCUT2D eigenvalue weighted by atomic mass is 16.6. The smallest absolute Gasteiger partial charge is 0.269 e. The Morgan fingerprint density at radius 1 is 1.15 bits per heavy atom. The maximum atomic E-state index is 10.7. The van der Waals surface area contributed by atoms with Crippen molar-refractivity contribution in [2.24, 2.45) is 0 Å². The number of nitrogens with one attached hydrogen (secondary N) is 1. The number of nitro groups is 1. The van der Waals surface area contributed by atoms with Crippen LogP contribution in [0.2, 0.25) is 0 Å². The lowest BCUT2D eigenvalue weighted by molar-refractivity contribution is -0.384. The van der Waals surface area contributed by atoms with Gasteiger partial charge in [-0.05, 0) is 11.1 Å². The first-order valence-electron chi connectivity index (χ1n) is 6.33. The number of nitrogens with zero attached hydrogens (tertiary/aromatic N) is 1. The normalized spacial score (nSPS) is 12.1. The number of rotatable bonds is 6. The molecule has 0 aliphatic carbocycles. The van der Waals surface area contributed by atoms with Crippen LogP contribution in [0.3, 0.4) is 0 Å². The maximum Gasteiger partial charge on any atom is 0.269 e. The highest BCUT2D eigenvalue weighted by Crippen LogP contribution is 2.15. The van der Waals surface area contributed by atoms with Crippen LogP contribution in [0.15, 0.2) is 54.6 Å². The van der Waals surface area contributed by atoms with Gasteiger partial charge in [-0.1, -0.05) is 42.5 Å². The Kier molecular flexibility index (Phi) is 4.81. The van der Waals surface area contributed by atoms with E-state index in [0.717, 1.165) is 11.1 Å². The van der Waals surface area contributed by atoms with E-state index in [0.29, 0.717) is 6.54 Å². The minimum Gasteiger partial charge on any atom is -0.394 e. The van der Waals surface area contributed by atoms with Gasteiger partial charge in [-0.3, -0.25) is 10.1 Å². The topological polar surface area (TPSA) is 75.4 Å². The fourth-order valence-electron chi connectivity index (χ4n) is 1.99. The van der Waals surface area contributed by atoms with Crippen LogP contribution in [-0.2, 0) is 6.54 Å². The van der Waals surface area contributed by atoms with Crippen LogP contribution in [0.1, 0.15) is 17.2 Å². The van der Waals surface area contributed by atoms with Gasteiger partial charge in [0, 0.05) is 18.7 Å². The predicted octanol–water partition coefficient (Wildman–Crippen LogP) is 2.42. The van der Waals surface area contributed by atoms with Crippen LogP contribution in [0.4, 0.5) is 5.69 Å². The van der Waals surface area contributed by atoms with E-state index in [2.05, 4.69) is 5.32 Å². The molecule has 1 unspecified atom stereocenters. The van der Waals surface area contributed by atoms with Gasteiger partial charge < -0.3 is 10.4 Å². The van der Waals surface area contributed by atoms with E-state index in [-0.39, 0.29) is 18.3 Å². The first kappa shape index (κ1) is 14.2. The van der Waals surface area contributed by atoms with E-state index >= 15 is 0 Å². The lowest BCUT2D eigenvalue weighted by Crippen LogP contribution is -2.23. The first-order chi connectivity index (χ1) is 9.70. The van der Waals surface area contributed by atoms with Gasteiger partial charge in [0.05, 0.1) is 17.6 Å². The van der Waals surface area contributed by atoms with Gasteiger partial charge in [0.15, 0.2) is 0 Å². The number of hydrogen-bond acceptors (Lipinski definition) is 4. The van der Waals surface area contributed by atoms with Crippen molar-refractivity contribution in [3.63, 3.8) is 0 Å². The number of aliphatic hydroxyl groups is 1. The van der Waals surface area contributed by atoms with Crippen molar-refractivity contribution in [2.45, 2.75) is 12.6 Å². The predicted molar refractivity (Wildman–Crippen MR) is 76.2 cm³/mol. The number of hydrogen-bond donors (Lipinski definition) is 2. The van der Waals surface area contributed by atoms with E-state index < -0.39 is 4.92 Å². The Morgan fingerprint density at radius 3 is 2.55 bits per heavy atom. The summed E-state index contributed by atoms with van der Waals surface area (Å²) in [4.78, 5) is 10.3. The molecule has 0 aliphatic rings. The van der Waals surface area contributed by atoms with Crippen molar-refractivity contribution in [3.05, 3.63) is 75.8 Å². The molecule has 5 heteroatoms. The van der Waals surface area contributed by atoms with Gasteiger partial charge in [-0.25, -0.2) is 0 Å². The third kappa shape index (κ3) is 3.63. The molecule has 1 atom stereocenters. The zero-order valence-corrected chi connectivity index (χ0v) is 10.9. The summed E-state index contributed by atoms with van der Waals surface area (Å²) in [5, 5.41) is 23.3. The number of benzene rings is 2. The number of aliphatic hydroxyl groups excluding tert-OH is 1. The highest BCUT2D eigenvalue weighted by molar-refractivity contribution is 5.34. The molecule has 0 aliphatic heterocycles. The molecule has 0 fully saturated rings. The molecule has 0 spiro atoms. The van der Waals surface area contributed by atoms with Crippen LogP contribution in [0.5, 0.6) is 0 Å². The summed E-state index contributed by atoms with van der Waals surface area (Å²) in [6, 6.07) is 15.9. The molecular weight excluding hydrogens is 256 g/mol. The Morgan fingerprint density at radius 2 is 1.90 bits per heavy atom. The lowest BCUT2D eigenvalue weighted by Gasteiger charge is -2.16. The minimum atomic E-state index is -0.412. The van der Waals surface area contributed by atoms with E-state index in [4.69, 9.17) is 0 Å². The van der Waals surface area contributed by atoms with E-state index in [1.807, 2.05) is 36.4 Å². The van der Waals surface area contributed by atoms with Crippen molar-refractivity contribution in [1.29, 1.82) is 0 Å². The molecule has 2 N–H and O–H groups in total. The molecule has 2 aromatic rings. The first-order valence-corrected chi connectivity index (χ1v) is 6.33. The van der Waals surface area contributed by atoms with E-state index in [1.54, 1.807) is 6.07 Å². The number of non-ortho nitro benzene ring substituents is 1. The van der Waals surface area contributed by atoms with Crippen LogP contribution in [0, 0.1) is 10.1 Å². The second-order valence-electron chi connectivity index (χ2n) is 4.45. The maximum absolute atomic E-state index is 10.7. The third-order valence-electron chi connectivity index (χ3n) is 3.06. The van der Waals surface area contributed by atoms with Gasteiger partial charge in [0.25, 0.3) is 5.69 Å². The van der Waals surface area contributed by atoms with Crippen LogP contribution in [-0.4, -0.2) is 16.6 Å². The molecule has 0 saturated carbocycles. The van der Waals surface area contributed by atoms with Crippen molar-refractivity contribution in [3.8, 4) is 0 Å². The second kappa shape index (κ2) is 6.79. The van der Waals surface area contributed by atoms with Gasteiger partial charge in [-0.15, -0.1) is 0 Å².